The average molecular weight is 261 g/mol. The summed E-state index contributed by atoms with van der Waals surface area (Å²) in [5, 5.41) is 21.3. The Labute approximate surface area is 113 Å². The van der Waals surface area contributed by atoms with Crippen LogP contribution < -0.4 is 5.32 Å². The van der Waals surface area contributed by atoms with Gasteiger partial charge < -0.3 is 10.4 Å². The minimum Gasteiger partial charge on any atom is -0.481 e. The first kappa shape index (κ1) is 15.0. The number of carboxylic acid groups (broad SMARTS) is 1. The molecule has 0 aromatic carbocycles. The van der Waals surface area contributed by atoms with Crippen LogP contribution in [0, 0.1) is 37.0 Å². The van der Waals surface area contributed by atoms with Crippen molar-refractivity contribution >= 4 is 11.7 Å². The summed E-state index contributed by atoms with van der Waals surface area (Å²) >= 11 is 0. The SMILES string of the molecule is Cc1cc(NCC(C(=O)O)C(C)C)c(C#N)c(C)n1. The third-order valence-electron chi connectivity index (χ3n) is 3.07. The Bertz CT molecular complexity index is 518. The number of aryl methyl sites for hydroxylation is 2. The molecule has 1 aromatic heterocycles. The molecule has 0 bridgehead atoms. The molecule has 0 amide bonds. The van der Waals surface area contributed by atoms with E-state index in [1.807, 2.05) is 20.8 Å². The molecule has 1 heterocycles. The molecule has 0 saturated carbocycles. The number of aromatic nitrogens is 1. The van der Waals surface area contributed by atoms with Crippen LogP contribution in [0.4, 0.5) is 5.69 Å². The Hall–Kier alpha value is -2.09. The Morgan fingerprint density at radius 3 is 2.63 bits per heavy atom. The van der Waals surface area contributed by atoms with Crippen molar-refractivity contribution in [1.82, 2.24) is 4.98 Å². The topological polar surface area (TPSA) is 86.0 Å². The molecule has 1 atom stereocenters. The first-order valence-electron chi connectivity index (χ1n) is 6.21. The lowest BCUT2D eigenvalue weighted by atomic mass is 9.96. The second-order valence-electron chi connectivity index (χ2n) is 4.95. The largest absolute Gasteiger partial charge is 0.481 e. The van der Waals surface area contributed by atoms with E-state index in [0.717, 1.165) is 5.69 Å². The maximum Gasteiger partial charge on any atom is 0.308 e. The maximum absolute atomic E-state index is 11.1. The molecule has 2 N–H and O–H groups in total. The van der Waals surface area contributed by atoms with Crippen molar-refractivity contribution in [3.8, 4) is 6.07 Å². The van der Waals surface area contributed by atoms with Gasteiger partial charge in [-0.05, 0) is 25.8 Å². The van der Waals surface area contributed by atoms with Gasteiger partial charge in [-0.25, -0.2) is 0 Å². The highest BCUT2D eigenvalue weighted by Gasteiger charge is 2.21. The first-order valence-corrected chi connectivity index (χ1v) is 6.21. The predicted octanol–water partition coefficient (Wildman–Crippen LogP) is 2.34. The van der Waals surface area contributed by atoms with E-state index in [2.05, 4.69) is 16.4 Å². The molecule has 0 fully saturated rings. The predicted molar refractivity (Wildman–Crippen MR) is 72.9 cm³/mol. The molecule has 0 aliphatic carbocycles. The molecule has 102 valence electrons. The third kappa shape index (κ3) is 3.68. The summed E-state index contributed by atoms with van der Waals surface area (Å²) in [7, 11) is 0. The monoisotopic (exact) mass is 261 g/mol. The molecule has 5 heteroatoms. The van der Waals surface area contributed by atoms with Crippen LogP contribution in [0.15, 0.2) is 6.07 Å². The second-order valence-corrected chi connectivity index (χ2v) is 4.95. The Kier molecular flexibility index (Phi) is 4.87. The number of carboxylic acids is 1. The van der Waals surface area contributed by atoms with Gasteiger partial charge in [0.05, 0.1) is 22.9 Å². The molecule has 1 unspecified atom stereocenters. The number of carbonyl (C=O) groups is 1. The van der Waals surface area contributed by atoms with Crippen LogP contribution in [0.5, 0.6) is 0 Å². The van der Waals surface area contributed by atoms with Gasteiger partial charge in [0, 0.05) is 12.2 Å². The highest BCUT2D eigenvalue weighted by Crippen LogP contribution is 2.20. The van der Waals surface area contributed by atoms with Crippen LogP contribution in [-0.2, 0) is 4.79 Å². The van der Waals surface area contributed by atoms with Gasteiger partial charge in [0.1, 0.15) is 6.07 Å². The molecular weight excluding hydrogens is 242 g/mol. The minimum absolute atomic E-state index is 0.0274. The molecule has 0 saturated heterocycles. The Balaban J connectivity index is 2.94. The number of nitrogens with one attached hydrogen (secondary N) is 1. The zero-order chi connectivity index (χ0) is 14.6. The van der Waals surface area contributed by atoms with Crippen molar-refractivity contribution in [3.05, 3.63) is 23.0 Å². The Morgan fingerprint density at radius 1 is 1.53 bits per heavy atom. The molecule has 0 aliphatic rings. The molecule has 0 radical (unpaired) electrons. The van der Waals surface area contributed by atoms with E-state index >= 15 is 0 Å². The molecule has 1 aromatic rings. The number of hydrogen-bond acceptors (Lipinski definition) is 4. The van der Waals surface area contributed by atoms with E-state index < -0.39 is 11.9 Å². The zero-order valence-electron chi connectivity index (χ0n) is 11.7. The van der Waals surface area contributed by atoms with Crippen LogP contribution in [0.25, 0.3) is 0 Å². The van der Waals surface area contributed by atoms with Gasteiger partial charge in [-0.2, -0.15) is 5.26 Å². The fourth-order valence-electron chi connectivity index (χ4n) is 1.94. The van der Waals surface area contributed by atoms with E-state index in [0.29, 0.717) is 23.5 Å². The number of nitriles is 1. The third-order valence-corrected chi connectivity index (χ3v) is 3.07. The van der Waals surface area contributed by atoms with Crippen LogP contribution in [0.1, 0.15) is 30.8 Å². The molecule has 19 heavy (non-hydrogen) atoms. The van der Waals surface area contributed by atoms with Gasteiger partial charge >= 0.3 is 5.97 Å². The van der Waals surface area contributed by atoms with Gasteiger partial charge in [0.25, 0.3) is 0 Å². The van der Waals surface area contributed by atoms with E-state index in [4.69, 9.17) is 10.4 Å². The molecule has 1 rings (SSSR count). The molecule has 0 aliphatic heterocycles. The van der Waals surface area contributed by atoms with Gasteiger partial charge in [0.15, 0.2) is 0 Å². The molecule has 5 nitrogen and oxygen atoms in total. The van der Waals surface area contributed by atoms with Crippen molar-refractivity contribution in [2.24, 2.45) is 11.8 Å². The van der Waals surface area contributed by atoms with Crippen molar-refractivity contribution in [1.29, 1.82) is 5.26 Å². The number of hydrogen-bond donors (Lipinski definition) is 2. The summed E-state index contributed by atoms with van der Waals surface area (Å²) in [5.74, 6) is -1.29. The van der Waals surface area contributed by atoms with Gasteiger partial charge in [-0.3, -0.25) is 9.78 Å². The van der Waals surface area contributed by atoms with E-state index in [1.54, 1.807) is 13.0 Å². The van der Waals surface area contributed by atoms with Crippen LogP contribution >= 0.6 is 0 Å². The van der Waals surface area contributed by atoms with Crippen molar-refractivity contribution in [2.75, 3.05) is 11.9 Å². The van der Waals surface area contributed by atoms with E-state index in [9.17, 15) is 4.79 Å². The van der Waals surface area contributed by atoms with Crippen molar-refractivity contribution in [2.45, 2.75) is 27.7 Å². The number of nitrogens with zero attached hydrogens (tertiary/aromatic N) is 2. The number of pyridine rings is 1. The highest BCUT2D eigenvalue weighted by atomic mass is 16.4. The minimum atomic E-state index is -0.830. The summed E-state index contributed by atoms with van der Waals surface area (Å²) < 4.78 is 0. The summed E-state index contributed by atoms with van der Waals surface area (Å²) in [6.45, 7) is 7.65. The summed E-state index contributed by atoms with van der Waals surface area (Å²) in [4.78, 5) is 15.4. The van der Waals surface area contributed by atoms with Crippen LogP contribution in [0.3, 0.4) is 0 Å². The average Bonchev–Trinajstić information content (AvgIpc) is 2.27. The number of rotatable bonds is 5. The smallest absolute Gasteiger partial charge is 0.308 e. The molecular formula is C14H19N3O2. The summed E-state index contributed by atoms with van der Waals surface area (Å²) in [6, 6.07) is 3.87. The first-order chi connectivity index (χ1) is 8.86. The van der Waals surface area contributed by atoms with E-state index in [-0.39, 0.29) is 5.92 Å². The quantitative estimate of drug-likeness (QED) is 0.849. The summed E-state index contributed by atoms with van der Waals surface area (Å²) in [5.41, 5.74) is 2.58. The summed E-state index contributed by atoms with van der Waals surface area (Å²) in [6.07, 6.45) is 0. The lowest BCUT2D eigenvalue weighted by molar-refractivity contribution is -0.142. The fourth-order valence-corrected chi connectivity index (χ4v) is 1.94. The standard InChI is InChI=1S/C14H19N3O2/c1-8(2)12(14(18)19)7-16-13-5-9(3)17-10(4)11(13)6-15/h5,8,12H,7H2,1-4H3,(H,16,17)(H,18,19). The van der Waals surface area contributed by atoms with Gasteiger partial charge in [0.2, 0.25) is 0 Å². The van der Waals surface area contributed by atoms with Gasteiger partial charge in [-0.1, -0.05) is 13.8 Å². The van der Waals surface area contributed by atoms with Crippen molar-refractivity contribution in [3.63, 3.8) is 0 Å². The fraction of sp³-hybridized carbons (Fsp3) is 0.500. The second kappa shape index (κ2) is 6.19. The van der Waals surface area contributed by atoms with Crippen LogP contribution in [0.2, 0.25) is 0 Å². The van der Waals surface area contributed by atoms with Crippen LogP contribution in [-0.4, -0.2) is 22.6 Å². The number of anilines is 1. The lowest BCUT2D eigenvalue weighted by Gasteiger charge is -2.18. The maximum atomic E-state index is 11.1. The normalized spacial score (nSPS) is 12.0. The number of aliphatic carboxylic acids is 1. The van der Waals surface area contributed by atoms with E-state index in [1.165, 1.54) is 0 Å². The Morgan fingerprint density at radius 2 is 2.16 bits per heavy atom. The zero-order valence-corrected chi connectivity index (χ0v) is 11.7. The highest BCUT2D eigenvalue weighted by molar-refractivity contribution is 5.71. The molecule has 0 spiro atoms. The lowest BCUT2D eigenvalue weighted by Crippen LogP contribution is -2.27. The van der Waals surface area contributed by atoms with Crippen molar-refractivity contribution < 1.29 is 9.90 Å². The van der Waals surface area contributed by atoms with Gasteiger partial charge in [-0.15, -0.1) is 0 Å².